The van der Waals surface area contributed by atoms with E-state index in [1.165, 1.54) is 54.6 Å². The molecule has 1 unspecified atom stereocenters. The number of hydrogen-bond donors (Lipinski definition) is 1. The fraction of sp³-hybridized carbons (Fsp3) is 0.688. The van der Waals surface area contributed by atoms with Crippen LogP contribution in [0.25, 0.3) is 0 Å². The maximum absolute atomic E-state index is 11.3. The molecule has 23 heavy (non-hydrogen) atoms. The van der Waals surface area contributed by atoms with Crippen LogP contribution in [0.15, 0.2) is 6.20 Å². The van der Waals surface area contributed by atoms with E-state index in [9.17, 15) is 4.79 Å². The molecule has 2 heterocycles. The van der Waals surface area contributed by atoms with E-state index in [-0.39, 0.29) is 6.17 Å². The van der Waals surface area contributed by atoms with Gasteiger partial charge in [-0.05, 0) is 21.1 Å². The molecular weight excluding hydrogens is 397 g/mol. The van der Waals surface area contributed by atoms with Crippen LogP contribution in [0.4, 0.5) is 11.6 Å². The predicted octanol–water partition coefficient (Wildman–Crippen LogP) is 0.785. The van der Waals surface area contributed by atoms with Crippen molar-refractivity contribution < 1.29 is 4.79 Å². The van der Waals surface area contributed by atoms with Gasteiger partial charge in [-0.2, -0.15) is 0 Å². The molecule has 3 rings (SSSR count). The van der Waals surface area contributed by atoms with Gasteiger partial charge in [0.15, 0.2) is 0 Å². The van der Waals surface area contributed by atoms with Gasteiger partial charge in [0.05, 0.1) is 0 Å². The van der Waals surface area contributed by atoms with Crippen LogP contribution < -0.4 is 13.9 Å². The molecule has 0 aromatic carbocycles. The third-order valence-corrected chi connectivity index (χ3v) is 4.64. The van der Waals surface area contributed by atoms with Gasteiger partial charge in [-0.25, -0.2) is 0 Å². The molecule has 1 saturated carbocycles. The maximum atomic E-state index is 11.3. The molecule has 7 heteroatoms. The molecule has 1 fully saturated rings. The first-order chi connectivity index (χ1) is 11.0. The Balaban J connectivity index is 0.000000433. The number of aromatic nitrogens is 2. The van der Waals surface area contributed by atoms with Crippen LogP contribution in [-0.2, 0) is 4.79 Å². The molecule has 1 aromatic rings. The average Bonchev–Trinajstić information content (AvgIpc) is 2.85. The standard InChI is InChI=1S/C13H17N4O.C3H9N.Sn/c18-9-11-16-12-13(15-7-6-14-12)17(11)8-10-4-2-1-3-5-10;1-4(2)3;/h6,9-11H,1-5,8H2,(H,14,16);1-3H3;. The van der Waals surface area contributed by atoms with Gasteiger partial charge in [-0.1, -0.05) is 0 Å². The Kier molecular flexibility index (Phi) is 7.07. The Morgan fingerprint density at radius 3 is 2.61 bits per heavy atom. The van der Waals surface area contributed by atoms with Crippen molar-refractivity contribution >= 4 is 44.2 Å². The van der Waals surface area contributed by atoms with E-state index < -0.39 is 0 Å². The number of anilines is 2. The van der Waals surface area contributed by atoms with Gasteiger partial charge in [-0.15, -0.1) is 0 Å². The number of fused-ring (bicyclic) bond motifs is 1. The number of carbonyl (C=O) groups excluding carboxylic acids is 1. The van der Waals surface area contributed by atoms with Gasteiger partial charge < -0.3 is 4.90 Å². The molecule has 0 saturated heterocycles. The normalized spacial score (nSPS) is 20.6. The molecule has 1 atom stereocenters. The fourth-order valence-corrected chi connectivity index (χ4v) is 3.47. The second-order valence-corrected chi connectivity index (χ2v) is 8.11. The fourth-order valence-electron chi connectivity index (χ4n) is 2.99. The number of nitrogens with one attached hydrogen (secondary N) is 1. The quantitative estimate of drug-likeness (QED) is 0.573. The van der Waals surface area contributed by atoms with Crippen LogP contribution in [0, 0.1) is 5.92 Å². The Morgan fingerprint density at radius 1 is 1.35 bits per heavy atom. The van der Waals surface area contributed by atoms with E-state index in [2.05, 4.69) is 20.2 Å². The van der Waals surface area contributed by atoms with E-state index in [1.54, 1.807) is 6.20 Å². The van der Waals surface area contributed by atoms with Crippen LogP contribution in [0.5, 0.6) is 0 Å². The van der Waals surface area contributed by atoms with Crippen molar-refractivity contribution in [2.45, 2.75) is 38.3 Å². The molecule has 6 nitrogen and oxygen atoms in total. The minimum atomic E-state index is -0.297. The molecule has 3 radical (unpaired) electrons. The third-order valence-electron chi connectivity index (χ3n) is 3.96. The number of hydrogen-bond acceptors (Lipinski definition) is 6. The molecule has 1 aliphatic carbocycles. The van der Waals surface area contributed by atoms with Gasteiger partial charge in [0.2, 0.25) is 0 Å². The van der Waals surface area contributed by atoms with Crippen molar-refractivity contribution in [3.8, 4) is 0 Å². The first kappa shape index (κ1) is 18.4. The predicted molar refractivity (Wildman–Crippen MR) is 94.4 cm³/mol. The molecule has 1 N–H and O–H groups in total. The summed E-state index contributed by atoms with van der Waals surface area (Å²) >= 11 is 1.25. The van der Waals surface area contributed by atoms with E-state index in [4.69, 9.17) is 0 Å². The molecule has 0 spiro atoms. The van der Waals surface area contributed by atoms with Gasteiger partial charge in [0.1, 0.15) is 0 Å². The second-order valence-electron chi connectivity index (χ2n) is 6.65. The number of carbonyl (C=O) groups is 1. The molecule has 0 amide bonds. The van der Waals surface area contributed by atoms with Crippen LogP contribution in [0.1, 0.15) is 32.1 Å². The Hall–Kier alpha value is -0.891. The number of nitrogens with zero attached hydrogens (tertiary/aromatic N) is 4. The van der Waals surface area contributed by atoms with Crippen molar-refractivity contribution in [1.29, 1.82) is 0 Å². The van der Waals surface area contributed by atoms with E-state index in [0.717, 1.165) is 28.2 Å². The first-order valence-corrected chi connectivity index (χ1v) is 9.62. The summed E-state index contributed by atoms with van der Waals surface area (Å²) in [5, 5.41) is 3.15. The van der Waals surface area contributed by atoms with Crippen LogP contribution >= 0.6 is 0 Å². The van der Waals surface area contributed by atoms with Crippen molar-refractivity contribution in [1.82, 2.24) is 14.9 Å². The zero-order chi connectivity index (χ0) is 16.8. The Bertz CT molecular complexity index is 516. The number of aldehydes is 1. The summed E-state index contributed by atoms with van der Waals surface area (Å²) in [6.45, 7) is 0.914. The van der Waals surface area contributed by atoms with E-state index >= 15 is 0 Å². The van der Waals surface area contributed by atoms with E-state index in [0.29, 0.717) is 5.92 Å². The zero-order valence-corrected chi connectivity index (χ0v) is 17.1. The SMILES string of the molecule is CN(C)C.O=CC1Nc2nc[c]([Sn])nc2N1CC1CCCCC1. The van der Waals surface area contributed by atoms with Gasteiger partial charge in [0, 0.05) is 0 Å². The first-order valence-electron chi connectivity index (χ1n) is 8.19. The van der Waals surface area contributed by atoms with Crippen LogP contribution in [-0.4, -0.2) is 77.5 Å². The minimum absolute atomic E-state index is 0.297. The zero-order valence-electron chi connectivity index (χ0n) is 14.2. The van der Waals surface area contributed by atoms with Gasteiger partial charge in [0.25, 0.3) is 0 Å². The monoisotopic (exact) mass is 424 g/mol. The Labute approximate surface area is 152 Å². The Morgan fingerprint density at radius 2 is 2.00 bits per heavy atom. The summed E-state index contributed by atoms with van der Waals surface area (Å²) in [7, 11) is 6.00. The van der Waals surface area contributed by atoms with Crippen molar-refractivity contribution in [3.05, 3.63) is 6.20 Å². The summed E-state index contributed by atoms with van der Waals surface area (Å²) in [5.41, 5.74) is 0. The molecule has 125 valence electrons. The molecule has 2 aliphatic rings. The summed E-state index contributed by atoms with van der Waals surface area (Å²) in [5.74, 6) is 2.29. The van der Waals surface area contributed by atoms with Gasteiger partial charge in [-0.3, -0.25) is 0 Å². The summed E-state index contributed by atoms with van der Waals surface area (Å²) in [6.07, 6.45) is 8.94. The summed E-state index contributed by atoms with van der Waals surface area (Å²) in [4.78, 5) is 24.3. The number of rotatable bonds is 3. The van der Waals surface area contributed by atoms with Crippen molar-refractivity contribution in [2.75, 3.05) is 37.9 Å². The van der Waals surface area contributed by atoms with E-state index in [1.807, 2.05) is 26.0 Å². The van der Waals surface area contributed by atoms with Crippen molar-refractivity contribution in [3.63, 3.8) is 0 Å². The van der Waals surface area contributed by atoms with Gasteiger partial charge >= 0.3 is 126 Å². The topological polar surface area (TPSA) is 61.4 Å². The molecule has 1 aromatic heterocycles. The van der Waals surface area contributed by atoms with Crippen LogP contribution in [0.3, 0.4) is 0 Å². The summed E-state index contributed by atoms with van der Waals surface area (Å²) < 4.78 is 0.980. The van der Waals surface area contributed by atoms with Crippen molar-refractivity contribution in [2.24, 2.45) is 5.92 Å². The third kappa shape index (κ3) is 5.31. The average molecular weight is 423 g/mol. The molecule has 1 aliphatic heterocycles. The second kappa shape index (κ2) is 8.82. The van der Waals surface area contributed by atoms with Crippen LogP contribution in [0.2, 0.25) is 0 Å². The molecular formula is C16H26N5OSn. The molecule has 0 bridgehead atoms. The summed E-state index contributed by atoms with van der Waals surface area (Å²) in [6, 6.07) is 0.